The fourth-order valence-corrected chi connectivity index (χ4v) is 3.28. The van der Waals surface area contributed by atoms with Gasteiger partial charge in [0.15, 0.2) is 5.65 Å². The summed E-state index contributed by atoms with van der Waals surface area (Å²) in [6, 6.07) is 18.1. The second kappa shape index (κ2) is 6.22. The maximum absolute atomic E-state index is 6.44. The number of para-hydroxylation sites is 1. The lowest BCUT2D eigenvalue weighted by molar-refractivity contribution is 1.04. The van der Waals surface area contributed by atoms with Gasteiger partial charge in [0.05, 0.1) is 16.1 Å². The van der Waals surface area contributed by atoms with Crippen LogP contribution < -0.4 is 4.90 Å². The van der Waals surface area contributed by atoms with Crippen LogP contribution in [0.1, 0.15) is 0 Å². The van der Waals surface area contributed by atoms with Gasteiger partial charge in [-0.3, -0.25) is 4.57 Å². The summed E-state index contributed by atoms with van der Waals surface area (Å²) in [5.74, 6) is 0.884. The highest BCUT2D eigenvalue weighted by Gasteiger charge is 2.18. The zero-order chi connectivity index (χ0) is 17.4. The lowest BCUT2D eigenvalue weighted by Gasteiger charge is -2.13. The van der Waals surface area contributed by atoms with Crippen molar-refractivity contribution in [2.24, 2.45) is 0 Å². The van der Waals surface area contributed by atoms with Crippen molar-refractivity contribution < 1.29 is 0 Å². The van der Waals surface area contributed by atoms with Gasteiger partial charge < -0.3 is 4.90 Å². The van der Waals surface area contributed by atoms with Crippen LogP contribution in [0, 0.1) is 0 Å². The van der Waals surface area contributed by atoms with E-state index < -0.39 is 0 Å². The van der Waals surface area contributed by atoms with Crippen LogP contribution in [0.3, 0.4) is 0 Å². The third kappa shape index (κ3) is 2.65. The predicted molar refractivity (Wildman–Crippen MR) is 104 cm³/mol. The van der Waals surface area contributed by atoms with Crippen LogP contribution in [0.4, 0.5) is 5.82 Å². The van der Waals surface area contributed by atoms with Crippen molar-refractivity contribution in [1.29, 1.82) is 0 Å². The molecule has 0 unspecified atom stereocenters. The Morgan fingerprint density at radius 2 is 1.64 bits per heavy atom. The topological polar surface area (TPSA) is 34.0 Å². The van der Waals surface area contributed by atoms with Gasteiger partial charge in [0, 0.05) is 25.9 Å². The second-order valence-electron chi connectivity index (χ2n) is 6.02. The summed E-state index contributed by atoms with van der Waals surface area (Å²) in [4.78, 5) is 11.1. The number of hydrogen-bond donors (Lipinski definition) is 0. The second-order valence-corrected chi connectivity index (χ2v) is 6.43. The number of fused-ring (bicyclic) bond motifs is 1. The van der Waals surface area contributed by atoms with Gasteiger partial charge in [-0.2, -0.15) is 0 Å². The molecule has 0 saturated carbocycles. The van der Waals surface area contributed by atoms with Crippen molar-refractivity contribution in [2.75, 3.05) is 19.0 Å². The summed E-state index contributed by atoms with van der Waals surface area (Å²) < 4.78 is 2.04. The Bertz CT molecular complexity index is 1040. The van der Waals surface area contributed by atoms with Gasteiger partial charge in [0.2, 0.25) is 0 Å². The zero-order valence-corrected chi connectivity index (χ0v) is 14.8. The Kier molecular flexibility index (Phi) is 3.90. The third-order valence-electron chi connectivity index (χ3n) is 4.18. The molecule has 124 valence electrons. The Balaban J connectivity index is 2.10. The van der Waals surface area contributed by atoms with Crippen LogP contribution >= 0.6 is 11.6 Å². The van der Waals surface area contributed by atoms with Crippen molar-refractivity contribution in [2.45, 2.75) is 0 Å². The SMILES string of the molecule is CN(C)c1ncnc2c1c(-c1ccccc1)cn2-c1ccccc1Cl. The van der Waals surface area contributed by atoms with E-state index in [1.807, 2.05) is 66.0 Å². The highest BCUT2D eigenvalue weighted by atomic mass is 35.5. The standard InChI is InChI=1S/C20H17ClN4/c1-24(2)19-18-15(14-8-4-3-5-9-14)12-25(20(18)23-13-22-19)17-11-7-6-10-16(17)21/h3-13H,1-2H3. The van der Waals surface area contributed by atoms with Gasteiger partial charge in [-0.05, 0) is 17.7 Å². The lowest BCUT2D eigenvalue weighted by atomic mass is 10.1. The first kappa shape index (κ1) is 15.7. The van der Waals surface area contributed by atoms with E-state index in [2.05, 4.69) is 28.3 Å². The molecule has 0 aliphatic heterocycles. The van der Waals surface area contributed by atoms with Crippen molar-refractivity contribution in [3.8, 4) is 16.8 Å². The van der Waals surface area contributed by atoms with E-state index in [1.54, 1.807) is 6.33 Å². The average Bonchev–Trinajstić information content (AvgIpc) is 3.02. The minimum Gasteiger partial charge on any atom is -0.362 e. The molecule has 0 N–H and O–H groups in total. The van der Waals surface area contributed by atoms with Gasteiger partial charge in [0.25, 0.3) is 0 Å². The molecule has 2 heterocycles. The van der Waals surface area contributed by atoms with Crippen LogP contribution in [-0.4, -0.2) is 28.6 Å². The van der Waals surface area contributed by atoms with Crippen molar-refractivity contribution >= 4 is 28.5 Å². The molecule has 0 aliphatic carbocycles. The quantitative estimate of drug-likeness (QED) is 0.533. The lowest BCUT2D eigenvalue weighted by Crippen LogP contribution is -2.11. The van der Waals surface area contributed by atoms with Crippen molar-refractivity contribution in [3.05, 3.63) is 72.1 Å². The molecule has 4 nitrogen and oxygen atoms in total. The molecule has 0 spiro atoms. The highest BCUT2D eigenvalue weighted by molar-refractivity contribution is 6.32. The number of nitrogens with zero attached hydrogens (tertiary/aromatic N) is 4. The van der Waals surface area contributed by atoms with E-state index in [0.29, 0.717) is 5.02 Å². The zero-order valence-electron chi connectivity index (χ0n) is 14.0. The minimum atomic E-state index is 0.684. The minimum absolute atomic E-state index is 0.684. The molecular weight excluding hydrogens is 332 g/mol. The fourth-order valence-electron chi connectivity index (χ4n) is 3.05. The first-order valence-corrected chi connectivity index (χ1v) is 8.38. The normalized spacial score (nSPS) is 11.0. The number of halogens is 1. The predicted octanol–water partition coefficient (Wildman–Crippen LogP) is 4.81. The highest BCUT2D eigenvalue weighted by Crippen LogP contribution is 2.37. The molecule has 2 aromatic heterocycles. The first-order valence-electron chi connectivity index (χ1n) is 8.00. The average molecular weight is 349 g/mol. The number of aromatic nitrogens is 3. The Hall–Kier alpha value is -2.85. The molecule has 4 aromatic rings. The van der Waals surface area contributed by atoms with Crippen molar-refractivity contribution in [3.63, 3.8) is 0 Å². The van der Waals surface area contributed by atoms with Crippen LogP contribution in [0.2, 0.25) is 5.02 Å². The van der Waals surface area contributed by atoms with E-state index in [9.17, 15) is 0 Å². The molecule has 0 bridgehead atoms. The maximum Gasteiger partial charge on any atom is 0.150 e. The van der Waals surface area contributed by atoms with Gasteiger partial charge >= 0.3 is 0 Å². The van der Waals surface area contributed by atoms with Gasteiger partial charge in [-0.15, -0.1) is 0 Å². The molecule has 0 amide bonds. The fraction of sp³-hybridized carbons (Fsp3) is 0.100. The Morgan fingerprint density at radius 3 is 2.36 bits per heavy atom. The van der Waals surface area contributed by atoms with Crippen molar-refractivity contribution in [1.82, 2.24) is 14.5 Å². The summed E-state index contributed by atoms with van der Waals surface area (Å²) >= 11 is 6.44. The number of rotatable bonds is 3. The summed E-state index contributed by atoms with van der Waals surface area (Å²) in [5, 5.41) is 1.70. The van der Waals surface area contributed by atoms with Gasteiger partial charge in [-0.25, -0.2) is 9.97 Å². The molecule has 0 aliphatic rings. The number of anilines is 1. The van der Waals surface area contributed by atoms with E-state index >= 15 is 0 Å². The van der Waals surface area contributed by atoms with Crippen LogP contribution in [0.5, 0.6) is 0 Å². The third-order valence-corrected chi connectivity index (χ3v) is 4.50. The molecule has 0 saturated heterocycles. The first-order chi connectivity index (χ1) is 12.2. The van der Waals surface area contributed by atoms with E-state index in [0.717, 1.165) is 33.7 Å². The molecule has 5 heteroatoms. The molecule has 4 rings (SSSR count). The Morgan fingerprint density at radius 1 is 0.920 bits per heavy atom. The summed E-state index contributed by atoms with van der Waals surface area (Å²) in [7, 11) is 3.98. The molecule has 0 fully saturated rings. The summed E-state index contributed by atoms with van der Waals surface area (Å²) in [6.45, 7) is 0. The largest absolute Gasteiger partial charge is 0.362 e. The number of benzene rings is 2. The summed E-state index contributed by atoms with van der Waals surface area (Å²) in [6.07, 6.45) is 3.68. The van der Waals surface area contributed by atoms with Crippen LogP contribution in [0.15, 0.2) is 67.1 Å². The van der Waals surface area contributed by atoms with Gasteiger partial charge in [-0.1, -0.05) is 54.1 Å². The maximum atomic E-state index is 6.44. The smallest absolute Gasteiger partial charge is 0.150 e. The molecule has 2 aromatic carbocycles. The molecule has 0 radical (unpaired) electrons. The Labute approximate surface area is 151 Å². The number of hydrogen-bond acceptors (Lipinski definition) is 3. The molecule has 0 atom stereocenters. The summed E-state index contributed by atoms with van der Waals surface area (Å²) in [5.41, 5.74) is 3.95. The monoisotopic (exact) mass is 348 g/mol. The van der Waals surface area contributed by atoms with E-state index in [-0.39, 0.29) is 0 Å². The van der Waals surface area contributed by atoms with Crippen LogP contribution in [-0.2, 0) is 0 Å². The van der Waals surface area contributed by atoms with E-state index in [1.165, 1.54) is 0 Å². The van der Waals surface area contributed by atoms with E-state index in [4.69, 9.17) is 11.6 Å². The van der Waals surface area contributed by atoms with Crippen LogP contribution in [0.25, 0.3) is 27.8 Å². The molecular formula is C20H17ClN4. The van der Waals surface area contributed by atoms with Gasteiger partial charge in [0.1, 0.15) is 12.1 Å². The molecule has 25 heavy (non-hydrogen) atoms.